The molecule has 2 rings (SSSR count). The van der Waals surface area contributed by atoms with Crippen LogP contribution in [0.25, 0.3) is 0 Å². The monoisotopic (exact) mass is 224 g/mol. The van der Waals surface area contributed by atoms with Crippen molar-refractivity contribution in [3.05, 3.63) is 18.0 Å². The molecular weight excluding hydrogens is 207 g/mol. The number of rotatable bonds is 2. The summed E-state index contributed by atoms with van der Waals surface area (Å²) in [4.78, 5) is 8.56. The molecule has 3 nitrogen and oxygen atoms in total. The van der Waals surface area contributed by atoms with Crippen LogP contribution in [0.2, 0.25) is 0 Å². The predicted octanol–water partition coefficient (Wildman–Crippen LogP) is 2.38. The second-order valence-electron chi connectivity index (χ2n) is 4.51. The van der Waals surface area contributed by atoms with Crippen molar-refractivity contribution in [1.82, 2.24) is 9.97 Å². The topological polar surface area (TPSA) is 42.9 Å². The van der Waals surface area contributed by atoms with Gasteiger partial charge in [-0.15, -0.1) is 0 Å². The highest BCUT2D eigenvalue weighted by molar-refractivity contribution is 7.71. The zero-order valence-corrected chi connectivity index (χ0v) is 10.2. The molecule has 0 radical (unpaired) electrons. The maximum atomic E-state index is 12.4. The smallest absolute Gasteiger partial charge is 0.188 e. The molecule has 0 unspecified atom stereocenters. The molecular formula is C11H17N2OP. The van der Waals surface area contributed by atoms with Gasteiger partial charge < -0.3 is 4.57 Å². The van der Waals surface area contributed by atoms with Gasteiger partial charge in [0.25, 0.3) is 0 Å². The van der Waals surface area contributed by atoms with Crippen molar-refractivity contribution in [2.45, 2.75) is 32.6 Å². The van der Waals surface area contributed by atoms with Gasteiger partial charge in [-0.1, -0.05) is 13.8 Å². The molecule has 1 aromatic heterocycles. The first-order valence-corrected chi connectivity index (χ1v) is 7.60. The van der Waals surface area contributed by atoms with Crippen LogP contribution in [0.15, 0.2) is 12.4 Å². The lowest BCUT2D eigenvalue weighted by Gasteiger charge is -2.10. The minimum absolute atomic E-state index is 0.434. The SMILES string of the molecule is CC(C)c1cnc(P2(=O)CCCC2)nc1. The fourth-order valence-electron chi connectivity index (χ4n) is 1.89. The first-order chi connectivity index (χ1) is 7.12. The minimum atomic E-state index is -2.19. The van der Waals surface area contributed by atoms with Crippen molar-refractivity contribution in [2.24, 2.45) is 0 Å². The maximum Gasteiger partial charge on any atom is 0.188 e. The largest absolute Gasteiger partial charge is 0.315 e. The number of hydrogen-bond donors (Lipinski definition) is 0. The van der Waals surface area contributed by atoms with E-state index in [0.717, 1.165) is 30.7 Å². The molecule has 1 saturated heterocycles. The molecule has 0 amide bonds. The maximum absolute atomic E-state index is 12.4. The van der Waals surface area contributed by atoms with E-state index in [2.05, 4.69) is 23.8 Å². The highest BCUT2D eigenvalue weighted by atomic mass is 31.2. The molecule has 1 fully saturated rings. The summed E-state index contributed by atoms with van der Waals surface area (Å²) in [5, 5.41) is 0. The summed E-state index contributed by atoms with van der Waals surface area (Å²) in [6.07, 6.45) is 7.37. The molecule has 15 heavy (non-hydrogen) atoms. The third-order valence-corrected chi connectivity index (χ3v) is 6.02. The summed E-state index contributed by atoms with van der Waals surface area (Å²) >= 11 is 0. The molecule has 0 aliphatic carbocycles. The lowest BCUT2D eigenvalue weighted by molar-refractivity contribution is 0.583. The third-order valence-electron chi connectivity index (χ3n) is 2.98. The van der Waals surface area contributed by atoms with Gasteiger partial charge in [0.2, 0.25) is 0 Å². The highest BCUT2D eigenvalue weighted by Crippen LogP contribution is 2.49. The van der Waals surface area contributed by atoms with Crippen molar-refractivity contribution in [3.8, 4) is 0 Å². The van der Waals surface area contributed by atoms with Crippen molar-refractivity contribution >= 4 is 12.7 Å². The Bertz CT molecular complexity index is 376. The Labute approximate surface area is 90.7 Å². The Morgan fingerprint density at radius 2 is 1.73 bits per heavy atom. The quantitative estimate of drug-likeness (QED) is 0.724. The van der Waals surface area contributed by atoms with Gasteiger partial charge in [-0.2, -0.15) is 0 Å². The zero-order valence-electron chi connectivity index (χ0n) is 9.31. The Kier molecular flexibility index (Phi) is 2.92. The van der Waals surface area contributed by atoms with E-state index in [1.165, 1.54) is 0 Å². The summed E-state index contributed by atoms with van der Waals surface area (Å²) in [6.45, 7) is 4.21. The first kappa shape index (κ1) is 10.8. The van der Waals surface area contributed by atoms with Crippen LogP contribution in [0.1, 0.15) is 38.2 Å². The van der Waals surface area contributed by atoms with E-state index in [-0.39, 0.29) is 0 Å². The summed E-state index contributed by atoms with van der Waals surface area (Å²) in [5.74, 6) is 0.434. The summed E-state index contributed by atoms with van der Waals surface area (Å²) in [5.41, 5.74) is 1.72. The van der Waals surface area contributed by atoms with Crippen LogP contribution in [0.5, 0.6) is 0 Å². The van der Waals surface area contributed by atoms with Gasteiger partial charge in [0.05, 0.1) is 0 Å². The van der Waals surface area contributed by atoms with Crippen molar-refractivity contribution in [1.29, 1.82) is 0 Å². The molecule has 0 spiro atoms. The van der Waals surface area contributed by atoms with Gasteiger partial charge in [0.15, 0.2) is 12.7 Å². The van der Waals surface area contributed by atoms with Crippen LogP contribution in [0.3, 0.4) is 0 Å². The number of nitrogens with zero attached hydrogens (tertiary/aromatic N) is 2. The number of aromatic nitrogens is 2. The van der Waals surface area contributed by atoms with Crippen LogP contribution >= 0.6 is 7.14 Å². The van der Waals surface area contributed by atoms with E-state index in [1.807, 2.05) is 12.4 Å². The normalized spacial score (nSPS) is 19.7. The highest BCUT2D eigenvalue weighted by Gasteiger charge is 2.31. The Balaban J connectivity index is 2.27. The molecule has 0 aromatic carbocycles. The zero-order chi connectivity index (χ0) is 10.9. The predicted molar refractivity (Wildman–Crippen MR) is 62.3 cm³/mol. The molecule has 1 aromatic rings. The standard InChI is InChI=1S/C11H17N2OP/c1-9(2)10-7-12-11(13-8-10)15(14)5-3-4-6-15/h7-9H,3-6H2,1-2H3. The lowest BCUT2D eigenvalue weighted by Crippen LogP contribution is -2.15. The van der Waals surface area contributed by atoms with Gasteiger partial charge in [0.1, 0.15) is 0 Å². The molecule has 0 N–H and O–H groups in total. The second-order valence-corrected chi connectivity index (χ2v) is 7.59. The minimum Gasteiger partial charge on any atom is -0.315 e. The summed E-state index contributed by atoms with van der Waals surface area (Å²) in [6, 6.07) is 0. The second kappa shape index (κ2) is 4.05. The van der Waals surface area contributed by atoms with Gasteiger partial charge in [-0.05, 0) is 24.3 Å². The molecule has 4 heteroatoms. The summed E-state index contributed by atoms with van der Waals surface area (Å²) in [7, 11) is -2.19. The fraction of sp³-hybridized carbons (Fsp3) is 0.636. The van der Waals surface area contributed by atoms with Crippen LogP contribution in [0, 0.1) is 0 Å². The van der Waals surface area contributed by atoms with Gasteiger partial charge in [-0.25, -0.2) is 9.97 Å². The molecule has 1 aliphatic rings. The van der Waals surface area contributed by atoms with Crippen molar-refractivity contribution in [2.75, 3.05) is 12.3 Å². The van der Waals surface area contributed by atoms with E-state index in [1.54, 1.807) is 0 Å². The van der Waals surface area contributed by atoms with Crippen LogP contribution in [-0.4, -0.2) is 22.3 Å². The van der Waals surface area contributed by atoms with E-state index in [4.69, 9.17) is 0 Å². The lowest BCUT2D eigenvalue weighted by atomic mass is 10.1. The molecule has 0 atom stereocenters. The molecule has 1 aliphatic heterocycles. The molecule has 82 valence electrons. The van der Waals surface area contributed by atoms with Crippen molar-refractivity contribution in [3.63, 3.8) is 0 Å². The van der Waals surface area contributed by atoms with E-state index in [9.17, 15) is 4.57 Å². The van der Waals surface area contributed by atoms with Gasteiger partial charge >= 0.3 is 0 Å². The van der Waals surface area contributed by atoms with Crippen LogP contribution in [-0.2, 0) is 4.57 Å². The van der Waals surface area contributed by atoms with Crippen LogP contribution < -0.4 is 5.57 Å². The van der Waals surface area contributed by atoms with Gasteiger partial charge in [-0.3, -0.25) is 0 Å². The molecule has 2 heterocycles. The number of hydrogen-bond acceptors (Lipinski definition) is 3. The van der Waals surface area contributed by atoms with Gasteiger partial charge in [0, 0.05) is 24.7 Å². The first-order valence-electron chi connectivity index (χ1n) is 5.52. The Morgan fingerprint density at radius 1 is 1.20 bits per heavy atom. The van der Waals surface area contributed by atoms with Crippen LogP contribution in [0.4, 0.5) is 0 Å². The van der Waals surface area contributed by atoms with E-state index in [0.29, 0.717) is 11.5 Å². The van der Waals surface area contributed by atoms with E-state index >= 15 is 0 Å². The molecule has 0 bridgehead atoms. The molecule has 0 saturated carbocycles. The Morgan fingerprint density at radius 3 is 2.20 bits per heavy atom. The third kappa shape index (κ3) is 2.12. The average Bonchev–Trinajstić information content (AvgIpc) is 2.67. The van der Waals surface area contributed by atoms with Crippen molar-refractivity contribution < 1.29 is 4.57 Å². The average molecular weight is 224 g/mol. The summed E-state index contributed by atoms with van der Waals surface area (Å²) < 4.78 is 12.4. The van der Waals surface area contributed by atoms with E-state index < -0.39 is 7.14 Å². The fourth-order valence-corrected chi connectivity index (χ4v) is 4.51. The Hall–Kier alpha value is -0.690.